The Hall–Kier alpha value is -1.36. The monoisotopic (exact) mass is 223 g/mol. The van der Waals surface area contributed by atoms with Crippen molar-refractivity contribution in [1.29, 1.82) is 0 Å². The van der Waals surface area contributed by atoms with Crippen molar-refractivity contribution in [2.45, 2.75) is 32.8 Å². The first kappa shape index (κ1) is 11.1. The van der Waals surface area contributed by atoms with Gasteiger partial charge in [0.15, 0.2) is 0 Å². The summed E-state index contributed by atoms with van der Waals surface area (Å²) in [5.41, 5.74) is 2.81. The maximum atomic E-state index is 11.9. The van der Waals surface area contributed by atoms with Gasteiger partial charge in [-0.05, 0) is 20.3 Å². The molecule has 1 atom stereocenters. The van der Waals surface area contributed by atoms with Gasteiger partial charge in [-0.2, -0.15) is 5.10 Å². The molecule has 2 rings (SSSR count). The molecule has 0 radical (unpaired) electrons. The van der Waals surface area contributed by atoms with Crippen molar-refractivity contribution >= 4 is 5.91 Å². The van der Waals surface area contributed by atoms with Gasteiger partial charge in [0.05, 0.1) is 18.2 Å². The van der Waals surface area contributed by atoms with Crippen LogP contribution in [0.2, 0.25) is 0 Å². The lowest BCUT2D eigenvalue weighted by atomic mass is 10.1. The summed E-state index contributed by atoms with van der Waals surface area (Å²) >= 11 is 0. The second kappa shape index (κ2) is 4.25. The molecule has 1 aliphatic rings. The van der Waals surface area contributed by atoms with E-state index in [1.807, 2.05) is 13.8 Å². The van der Waals surface area contributed by atoms with Gasteiger partial charge in [-0.15, -0.1) is 0 Å². The summed E-state index contributed by atoms with van der Waals surface area (Å²) in [6.45, 7) is 4.94. The first-order chi connectivity index (χ1) is 7.58. The van der Waals surface area contributed by atoms with Gasteiger partial charge in [-0.3, -0.25) is 9.89 Å². The molecule has 0 aromatic carbocycles. The summed E-state index contributed by atoms with van der Waals surface area (Å²) in [5, 5.41) is 16.3. The van der Waals surface area contributed by atoms with E-state index in [0.29, 0.717) is 25.9 Å². The van der Waals surface area contributed by atoms with Crippen LogP contribution >= 0.6 is 0 Å². The molecule has 0 aliphatic carbocycles. The number of aliphatic hydroxyl groups excluding tert-OH is 1. The number of hydrogen-bond acceptors (Lipinski definition) is 3. The number of hydrogen-bond donors (Lipinski definition) is 2. The Balaban J connectivity index is 2.02. The van der Waals surface area contributed by atoms with Crippen LogP contribution in [0.4, 0.5) is 0 Å². The van der Waals surface area contributed by atoms with E-state index in [0.717, 1.165) is 17.0 Å². The zero-order valence-electron chi connectivity index (χ0n) is 9.66. The quantitative estimate of drug-likeness (QED) is 0.750. The number of likely N-dealkylation sites (tertiary alicyclic amines) is 1. The fraction of sp³-hybridized carbons (Fsp3) is 0.636. The minimum Gasteiger partial charge on any atom is -0.391 e. The average molecular weight is 223 g/mol. The number of carbonyl (C=O) groups excluding carboxylic acids is 1. The standard InChI is InChI=1S/C11H17N3O2/c1-7-10(8(2)13-12-7)5-11(16)14-4-3-9(15)6-14/h9,15H,3-6H2,1-2H3,(H,12,13)/t9-/m0/s1. The van der Waals surface area contributed by atoms with Gasteiger partial charge < -0.3 is 10.0 Å². The van der Waals surface area contributed by atoms with Crippen molar-refractivity contribution < 1.29 is 9.90 Å². The number of nitrogens with one attached hydrogen (secondary N) is 1. The lowest BCUT2D eigenvalue weighted by molar-refractivity contribution is -0.129. The molecule has 2 N–H and O–H groups in total. The largest absolute Gasteiger partial charge is 0.391 e. The van der Waals surface area contributed by atoms with Crippen molar-refractivity contribution in [3.05, 3.63) is 17.0 Å². The van der Waals surface area contributed by atoms with E-state index in [-0.39, 0.29) is 12.0 Å². The Labute approximate surface area is 94.5 Å². The molecule has 0 saturated carbocycles. The minimum atomic E-state index is -0.351. The van der Waals surface area contributed by atoms with Crippen molar-refractivity contribution in [3.8, 4) is 0 Å². The highest BCUT2D eigenvalue weighted by Crippen LogP contribution is 2.14. The van der Waals surface area contributed by atoms with E-state index in [2.05, 4.69) is 10.2 Å². The van der Waals surface area contributed by atoms with Gasteiger partial charge in [0.2, 0.25) is 5.91 Å². The van der Waals surface area contributed by atoms with Crippen LogP contribution in [0.1, 0.15) is 23.4 Å². The smallest absolute Gasteiger partial charge is 0.227 e. The van der Waals surface area contributed by atoms with Gasteiger partial charge in [-0.25, -0.2) is 0 Å². The van der Waals surface area contributed by atoms with E-state index in [9.17, 15) is 9.90 Å². The molecular weight excluding hydrogens is 206 g/mol. The molecule has 0 unspecified atom stereocenters. The van der Waals surface area contributed by atoms with Crippen molar-refractivity contribution in [1.82, 2.24) is 15.1 Å². The highest BCUT2D eigenvalue weighted by atomic mass is 16.3. The molecule has 1 aromatic heterocycles. The lowest BCUT2D eigenvalue weighted by Gasteiger charge is -2.15. The average Bonchev–Trinajstić information content (AvgIpc) is 2.79. The summed E-state index contributed by atoms with van der Waals surface area (Å²) in [6, 6.07) is 0. The number of aliphatic hydroxyl groups is 1. The van der Waals surface area contributed by atoms with E-state index in [1.54, 1.807) is 4.90 Å². The number of amides is 1. The number of carbonyl (C=O) groups is 1. The molecule has 1 amide bonds. The Bertz CT molecular complexity index is 380. The van der Waals surface area contributed by atoms with Crippen LogP contribution in [0.3, 0.4) is 0 Å². The Morgan fingerprint density at radius 1 is 1.62 bits per heavy atom. The van der Waals surface area contributed by atoms with Crippen LogP contribution in [0.5, 0.6) is 0 Å². The van der Waals surface area contributed by atoms with E-state index in [1.165, 1.54) is 0 Å². The van der Waals surface area contributed by atoms with Crippen LogP contribution < -0.4 is 0 Å². The number of nitrogens with zero attached hydrogens (tertiary/aromatic N) is 2. The van der Waals surface area contributed by atoms with Crippen LogP contribution in [0.15, 0.2) is 0 Å². The normalized spacial score (nSPS) is 20.4. The molecule has 16 heavy (non-hydrogen) atoms. The molecule has 0 bridgehead atoms. The van der Waals surface area contributed by atoms with Crippen molar-refractivity contribution in [2.24, 2.45) is 0 Å². The Morgan fingerprint density at radius 3 is 2.88 bits per heavy atom. The summed E-state index contributed by atoms with van der Waals surface area (Å²) in [6.07, 6.45) is 0.714. The summed E-state index contributed by atoms with van der Waals surface area (Å²) < 4.78 is 0. The third-order valence-electron chi connectivity index (χ3n) is 3.12. The zero-order chi connectivity index (χ0) is 11.7. The van der Waals surface area contributed by atoms with Crippen molar-refractivity contribution in [2.75, 3.05) is 13.1 Å². The van der Waals surface area contributed by atoms with Gasteiger partial charge in [0.25, 0.3) is 0 Å². The maximum Gasteiger partial charge on any atom is 0.227 e. The van der Waals surface area contributed by atoms with Gasteiger partial charge in [0, 0.05) is 24.3 Å². The molecule has 88 valence electrons. The summed E-state index contributed by atoms with van der Waals surface area (Å²) in [7, 11) is 0. The molecule has 0 spiro atoms. The maximum absolute atomic E-state index is 11.9. The lowest BCUT2D eigenvalue weighted by Crippen LogP contribution is -2.31. The first-order valence-corrected chi connectivity index (χ1v) is 5.54. The number of β-amino-alcohol motifs (C(OH)–C–C–N with tert-alkyl or cyclic N) is 1. The minimum absolute atomic E-state index is 0.0733. The zero-order valence-corrected chi connectivity index (χ0v) is 9.66. The second-order valence-corrected chi connectivity index (χ2v) is 4.37. The van der Waals surface area contributed by atoms with Crippen LogP contribution in [0, 0.1) is 13.8 Å². The van der Waals surface area contributed by atoms with E-state index in [4.69, 9.17) is 0 Å². The molecule has 1 saturated heterocycles. The number of aromatic amines is 1. The van der Waals surface area contributed by atoms with E-state index < -0.39 is 0 Å². The van der Waals surface area contributed by atoms with Crippen LogP contribution in [0.25, 0.3) is 0 Å². The van der Waals surface area contributed by atoms with Gasteiger partial charge in [-0.1, -0.05) is 0 Å². The van der Waals surface area contributed by atoms with Gasteiger partial charge >= 0.3 is 0 Å². The number of rotatable bonds is 2. The molecule has 1 fully saturated rings. The van der Waals surface area contributed by atoms with E-state index >= 15 is 0 Å². The molecule has 5 heteroatoms. The number of aryl methyl sites for hydroxylation is 2. The molecule has 1 aliphatic heterocycles. The Kier molecular flexibility index (Phi) is 2.96. The second-order valence-electron chi connectivity index (χ2n) is 4.37. The third-order valence-corrected chi connectivity index (χ3v) is 3.12. The predicted molar refractivity (Wildman–Crippen MR) is 59.0 cm³/mol. The SMILES string of the molecule is Cc1n[nH]c(C)c1CC(=O)N1CC[C@H](O)C1. The summed E-state index contributed by atoms with van der Waals surface area (Å²) in [5.74, 6) is 0.0733. The number of aromatic nitrogens is 2. The molecular formula is C11H17N3O2. The summed E-state index contributed by atoms with van der Waals surface area (Å²) in [4.78, 5) is 13.7. The fourth-order valence-electron chi connectivity index (χ4n) is 2.07. The predicted octanol–water partition coefficient (Wildman–Crippen LogP) is 0.162. The van der Waals surface area contributed by atoms with Crippen LogP contribution in [-0.2, 0) is 11.2 Å². The Morgan fingerprint density at radius 2 is 2.38 bits per heavy atom. The topological polar surface area (TPSA) is 69.2 Å². The fourth-order valence-corrected chi connectivity index (χ4v) is 2.07. The highest BCUT2D eigenvalue weighted by molar-refractivity contribution is 5.79. The molecule has 5 nitrogen and oxygen atoms in total. The third kappa shape index (κ3) is 2.09. The molecule has 1 aromatic rings. The van der Waals surface area contributed by atoms with Gasteiger partial charge in [0.1, 0.15) is 0 Å². The highest BCUT2D eigenvalue weighted by Gasteiger charge is 2.25. The number of H-pyrrole nitrogens is 1. The molecule has 2 heterocycles. The first-order valence-electron chi connectivity index (χ1n) is 5.54. The van der Waals surface area contributed by atoms with Crippen LogP contribution in [-0.4, -0.2) is 45.3 Å². The van der Waals surface area contributed by atoms with Crippen molar-refractivity contribution in [3.63, 3.8) is 0 Å².